The fraction of sp³-hybridized carbons (Fsp3) is 0.727. The number of phosphoric acid groups is 1. The van der Waals surface area contributed by atoms with Crippen molar-refractivity contribution < 1.29 is 63.1 Å². The van der Waals surface area contributed by atoms with Crippen LogP contribution in [-0.2, 0) is 32.7 Å². The molecule has 0 fully saturated rings. The summed E-state index contributed by atoms with van der Waals surface area (Å²) in [6.07, 6.45) is 31.2. The highest BCUT2D eigenvalue weighted by Crippen LogP contribution is 2.43. The van der Waals surface area contributed by atoms with E-state index in [-0.39, 0.29) is 25.7 Å². The zero-order valence-electron chi connectivity index (χ0n) is 35.3. The van der Waals surface area contributed by atoms with E-state index in [0.717, 1.165) is 57.8 Å². The van der Waals surface area contributed by atoms with Gasteiger partial charge in [0.05, 0.1) is 38.1 Å². The van der Waals surface area contributed by atoms with Crippen LogP contribution in [0.3, 0.4) is 0 Å². The Bertz CT molecular complexity index is 1200. The Morgan fingerprint density at radius 2 is 1.14 bits per heavy atom. The molecule has 0 spiro atoms. The van der Waals surface area contributed by atoms with E-state index in [4.69, 9.17) is 19.1 Å². The fourth-order valence-corrected chi connectivity index (χ4v) is 6.28. The van der Waals surface area contributed by atoms with Gasteiger partial charge < -0.3 is 39.9 Å². The Kier molecular flexibility index (Phi) is 37.1. The van der Waals surface area contributed by atoms with Gasteiger partial charge in [-0.25, -0.2) is 4.57 Å². The standard InChI is InChI=1S/C44H77O13P/c1-3-5-7-8-9-10-11-12-13-14-15-16-17-22-26-32-43(50)54-36-40(37-56-58(52,53)55-35-39(47)34-45)57-44(51)33-27-31-42(49)41(48)30-25-21-19-18-20-24-29-38(46)28-23-6-4-2/h10-11,18-21,24-25,29-30,38-42,45-49H,3-9,12-17,22-23,26-28,31-37H2,1-2H3,(H,52,53)/b11-10-,20-18-,21-19+,29-24+,30-25+/t38-,39-,40+,41-,42-/m0/s1. The highest BCUT2D eigenvalue weighted by Gasteiger charge is 2.27. The van der Waals surface area contributed by atoms with Gasteiger partial charge in [-0.2, -0.15) is 0 Å². The topological polar surface area (TPSA) is 210 Å². The highest BCUT2D eigenvalue weighted by molar-refractivity contribution is 7.47. The molecule has 0 radical (unpaired) electrons. The number of ether oxygens (including phenoxy) is 2. The third kappa shape index (κ3) is 36.6. The van der Waals surface area contributed by atoms with Crippen LogP contribution in [0.25, 0.3) is 0 Å². The minimum atomic E-state index is -4.72. The normalized spacial score (nSPS) is 16.1. The lowest BCUT2D eigenvalue weighted by Gasteiger charge is -2.20. The van der Waals surface area contributed by atoms with Gasteiger partial charge in [-0.15, -0.1) is 0 Å². The van der Waals surface area contributed by atoms with E-state index in [1.165, 1.54) is 51.0 Å². The number of carbonyl (C=O) groups excluding carboxylic acids is 2. The van der Waals surface area contributed by atoms with Crippen LogP contribution >= 0.6 is 7.82 Å². The zero-order valence-corrected chi connectivity index (χ0v) is 36.2. The summed E-state index contributed by atoms with van der Waals surface area (Å²) in [6, 6.07) is 0. The SMILES string of the molecule is CCCCCC/C=C\CCCCCCCCCC(=O)OC[C@H](COP(=O)(O)OC[C@@H](O)CO)OC(=O)CCC[C@H](O)[C@@H](O)/C=C/C=C/C=C\C=C\[C@@H](O)CCCCC. The molecule has 6 atom stereocenters. The van der Waals surface area contributed by atoms with Crippen LogP contribution in [0.15, 0.2) is 60.8 Å². The van der Waals surface area contributed by atoms with Gasteiger partial charge in [-0.1, -0.05) is 145 Å². The molecule has 0 amide bonds. The van der Waals surface area contributed by atoms with Crippen molar-refractivity contribution in [3.05, 3.63) is 60.8 Å². The first-order valence-corrected chi connectivity index (χ1v) is 23.1. The lowest BCUT2D eigenvalue weighted by molar-refractivity contribution is -0.161. The minimum absolute atomic E-state index is 0.0647. The van der Waals surface area contributed by atoms with Crippen molar-refractivity contribution >= 4 is 19.8 Å². The molecule has 0 aliphatic rings. The predicted octanol–water partition coefficient (Wildman–Crippen LogP) is 8.02. The second-order valence-corrected chi connectivity index (χ2v) is 16.0. The number of aliphatic hydroxyl groups is 5. The molecule has 0 aromatic rings. The number of phosphoric ester groups is 1. The van der Waals surface area contributed by atoms with Gasteiger partial charge in [0, 0.05) is 12.8 Å². The van der Waals surface area contributed by atoms with Gasteiger partial charge in [0.15, 0.2) is 6.10 Å². The molecule has 336 valence electrons. The summed E-state index contributed by atoms with van der Waals surface area (Å²) in [5.74, 6) is -1.26. The highest BCUT2D eigenvalue weighted by atomic mass is 31.2. The molecule has 14 heteroatoms. The van der Waals surface area contributed by atoms with E-state index in [2.05, 4.69) is 30.5 Å². The third-order valence-corrected chi connectivity index (χ3v) is 9.96. The van der Waals surface area contributed by atoms with Crippen LogP contribution in [0.1, 0.15) is 149 Å². The van der Waals surface area contributed by atoms with Crippen LogP contribution in [0.2, 0.25) is 0 Å². The van der Waals surface area contributed by atoms with Crippen LogP contribution in [0.5, 0.6) is 0 Å². The van der Waals surface area contributed by atoms with Crippen molar-refractivity contribution in [3.63, 3.8) is 0 Å². The van der Waals surface area contributed by atoms with Gasteiger partial charge in [0.25, 0.3) is 0 Å². The Morgan fingerprint density at radius 3 is 1.78 bits per heavy atom. The molecule has 0 aliphatic carbocycles. The average Bonchev–Trinajstić information content (AvgIpc) is 3.20. The number of carbonyl (C=O) groups is 2. The van der Waals surface area contributed by atoms with Crippen LogP contribution in [0, 0.1) is 0 Å². The first kappa shape index (κ1) is 55.5. The molecule has 0 aromatic heterocycles. The van der Waals surface area contributed by atoms with Gasteiger partial charge in [0.2, 0.25) is 0 Å². The van der Waals surface area contributed by atoms with Gasteiger partial charge in [-0.3, -0.25) is 18.6 Å². The fourth-order valence-electron chi connectivity index (χ4n) is 5.49. The largest absolute Gasteiger partial charge is 0.472 e. The number of rotatable bonds is 39. The molecule has 1 unspecified atom stereocenters. The monoisotopic (exact) mass is 845 g/mol. The van der Waals surface area contributed by atoms with Crippen LogP contribution in [0.4, 0.5) is 0 Å². The second kappa shape index (κ2) is 38.7. The lowest BCUT2D eigenvalue weighted by atomic mass is 10.1. The lowest BCUT2D eigenvalue weighted by Crippen LogP contribution is -2.30. The molecule has 58 heavy (non-hydrogen) atoms. The van der Waals surface area contributed by atoms with E-state index >= 15 is 0 Å². The van der Waals surface area contributed by atoms with Crippen molar-refractivity contribution in [2.24, 2.45) is 0 Å². The molecule has 0 heterocycles. The van der Waals surface area contributed by atoms with Crippen molar-refractivity contribution in [1.29, 1.82) is 0 Å². The molecule has 0 rings (SSSR count). The minimum Gasteiger partial charge on any atom is -0.462 e. The number of allylic oxidation sites excluding steroid dienone is 8. The van der Waals surface area contributed by atoms with E-state index in [1.807, 2.05) is 0 Å². The van der Waals surface area contributed by atoms with Gasteiger partial charge in [-0.05, 0) is 51.4 Å². The van der Waals surface area contributed by atoms with E-state index < -0.39 is 76.7 Å². The summed E-state index contributed by atoms with van der Waals surface area (Å²) < 4.78 is 32.4. The molecule has 0 saturated heterocycles. The molecule has 0 aliphatic heterocycles. The van der Waals surface area contributed by atoms with Gasteiger partial charge >= 0.3 is 19.8 Å². The van der Waals surface area contributed by atoms with E-state index in [1.54, 1.807) is 42.5 Å². The number of esters is 2. The number of unbranched alkanes of at least 4 members (excludes halogenated alkanes) is 13. The zero-order chi connectivity index (χ0) is 43.1. The summed E-state index contributed by atoms with van der Waals surface area (Å²) in [5, 5.41) is 48.8. The van der Waals surface area contributed by atoms with Crippen molar-refractivity contribution in [2.75, 3.05) is 26.4 Å². The molecule has 6 N–H and O–H groups in total. The van der Waals surface area contributed by atoms with E-state index in [9.17, 15) is 39.5 Å². The summed E-state index contributed by atoms with van der Waals surface area (Å²) in [4.78, 5) is 35.0. The molecule has 0 aromatic carbocycles. The van der Waals surface area contributed by atoms with E-state index in [0.29, 0.717) is 6.42 Å². The number of hydrogen-bond donors (Lipinski definition) is 6. The maximum absolute atomic E-state index is 12.6. The molecule has 0 saturated carbocycles. The third-order valence-electron chi connectivity index (χ3n) is 9.01. The van der Waals surface area contributed by atoms with Crippen LogP contribution < -0.4 is 0 Å². The number of hydrogen-bond acceptors (Lipinski definition) is 12. The first-order valence-electron chi connectivity index (χ1n) is 21.6. The van der Waals surface area contributed by atoms with Crippen molar-refractivity contribution in [1.82, 2.24) is 0 Å². The first-order chi connectivity index (χ1) is 27.9. The molecule has 0 bridgehead atoms. The summed E-state index contributed by atoms with van der Waals surface area (Å²) in [5.41, 5.74) is 0. The quantitative estimate of drug-likeness (QED) is 0.0114. The Morgan fingerprint density at radius 1 is 0.603 bits per heavy atom. The molecule has 13 nitrogen and oxygen atoms in total. The Labute approximate surface area is 348 Å². The van der Waals surface area contributed by atoms with Crippen molar-refractivity contribution in [2.45, 2.75) is 179 Å². The maximum Gasteiger partial charge on any atom is 0.472 e. The van der Waals surface area contributed by atoms with Gasteiger partial charge in [0.1, 0.15) is 12.7 Å². The smallest absolute Gasteiger partial charge is 0.462 e. The maximum atomic E-state index is 12.6. The van der Waals surface area contributed by atoms with Crippen LogP contribution in [-0.4, -0.2) is 99.3 Å². The summed E-state index contributed by atoms with van der Waals surface area (Å²) in [6.45, 7) is 1.85. The average molecular weight is 845 g/mol. The predicted molar refractivity (Wildman–Crippen MR) is 228 cm³/mol. The van der Waals surface area contributed by atoms with Crippen molar-refractivity contribution in [3.8, 4) is 0 Å². The Hall–Kier alpha value is -2.45. The molecular formula is C44H77O13P. The second-order valence-electron chi connectivity index (χ2n) is 14.6. The number of aliphatic hydroxyl groups excluding tert-OH is 5. The summed E-state index contributed by atoms with van der Waals surface area (Å²) >= 11 is 0. The summed E-state index contributed by atoms with van der Waals surface area (Å²) in [7, 11) is -4.72. The molecular weight excluding hydrogens is 767 g/mol. The Balaban J connectivity index is 4.66.